The van der Waals surface area contributed by atoms with Crippen molar-refractivity contribution in [3.05, 3.63) is 111 Å². The summed E-state index contributed by atoms with van der Waals surface area (Å²) >= 11 is -1.83. The molecule has 0 spiro atoms. The van der Waals surface area contributed by atoms with E-state index in [9.17, 15) is 27.8 Å². The maximum atomic E-state index is 13.6. The van der Waals surface area contributed by atoms with Crippen molar-refractivity contribution in [1.29, 1.82) is 10.5 Å². The van der Waals surface area contributed by atoms with E-state index in [2.05, 4.69) is 10.3 Å². The molecule has 2 aromatic heterocycles. The second kappa shape index (κ2) is 11.6. The molecule has 2 aromatic carbocycles. The van der Waals surface area contributed by atoms with E-state index in [-0.39, 0.29) is 27.5 Å². The van der Waals surface area contributed by atoms with Gasteiger partial charge in [0.05, 0.1) is 51.8 Å². The molecule has 2 heterocycles. The number of hydrogen-bond donors (Lipinski definition) is 1. The van der Waals surface area contributed by atoms with Crippen LogP contribution in [0.25, 0.3) is 5.69 Å². The highest BCUT2D eigenvalue weighted by molar-refractivity contribution is 7.91. The zero-order chi connectivity index (χ0) is 29.0. The Bertz CT molecular complexity index is 1850. The van der Waals surface area contributed by atoms with E-state index in [1.54, 1.807) is 25.1 Å². The number of nitriles is 2. The normalized spacial score (nSPS) is 11.7. The van der Waals surface area contributed by atoms with Gasteiger partial charge < -0.3 is 9.87 Å². The third-order valence-corrected chi connectivity index (χ3v) is 8.54. The summed E-state index contributed by atoms with van der Waals surface area (Å²) in [5.74, 6) is -0.762. The van der Waals surface area contributed by atoms with Crippen LogP contribution in [0.5, 0.6) is 0 Å². The highest BCUT2D eigenvalue weighted by Gasteiger charge is 2.26. The molecule has 0 aliphatic carbocycles. The number of amides is 1. The summed E-state index contributed by atoms with van der Waals surface area (Å²) < 4.78 is 38.2. The molecule has 1 amide bonds. The Morgan fingerprint density at radius 2 is 1.75 bits per heavy atom. The predicted molar refractivity (Wildman–Crippen MR) is 146 cm³/mol. The third-order valence-electron chi connectivity index (χ3n) is 5.93. The zero-order valence-electron chi connectivity index (χ0n) is 21.3. The molecular weight excluding hydrogens is 550 g/mol. The van der Waals surface area contributed by atoms with Gasteiger partial charge >= 0.3 is 0 Å². The summed E-state index contributed by atoms with van der Waals surface area (Å²) in [6.07, 6.45) is 2.23. The van der Waals surface area contributed by atoms with E-state index in [1.807, 2.05) is 12.1 Å². The minimum Gasteiger partial charge on any atom is -0.606 e. The number of rotatable bonds is 7. The first-order valence-corrected chi connectivity index (χ1v) is 14.7. The monoisotopic (exact) mass is 571 g/mol. The Hall–Kier alpha value is -4.75. The highest BCUT2D eigenvalue weighted by atomic mass is 32.2. The standard InChI is InChI=1S/C28H21N5O5S2/c1-18-26(39(36)23-9-6-19(14-29)7-10-23)13-25(28(35)33(18)22-5-3-4-20(12-22)15-30)27(34)32-16-21-8-11-24(17-31-21)40(2,37)38/h3-13,17H,16H2,1-2H3,(H,32,34). The fourth-order valence-electron chi connectivity index (χ4n) is 3.84. The number of benzene rings is 2. The largest absolute Gasteiger partial charge is 0.606 e. The number of hydrogen-bond acceptors (Lipinski definition) is 8. The van der Waals surface area contributed by atoms with Crippen molar-refractivity contribution in [2.24, 2.45) is 0 Å². The van der Waals surface area contributed by atoms with Crippen LogP contribution in [-0.2, 0) is 27.6 Å². The molecule has 10 nitrogen and oxygen atoms in total. The van der Waals surface area contributed by atoms with Crippen molar-refractivity contribution in [3.63, 3.8) is 0 Å². The lowest BCUT2D eigenvalue weighted by Gasteiger charge is -2.18. The SMILES string of the molecule is Cc1c([S+]([O-])c2ccc(C#N)cc2)cc(C(=O)NCc2ccc(S(C)(=O)=O)cn2)c(=O)n1-c1cccc(C#N)c1. The van der Waals surface area contributed by atoms with Crippen molar-refractivity contribution in [3.8, 4) is 17.8 Å². The van der Waals surface area contributed by atoms with Crippen LogP contribution in [0.1, 0.15) is 32.9 Å². The molecule has 0 saturated carbocycles. The Morgan fingerprint density at radius 3 is 2.35 bits per heavy atom. The fraction of sp³-hybridized carbons (Fsp3) is 0.107. The zero-order valence-corrected chi connectivity index (χ0v) is 22.9. The lowest BCUT2D eigenvalue weighted by Crippen LogP contribution is -2.34. The van der Waals surface area contributed by atoms with Gasteiger partial charge in [-0.05, 0) is 61.5 Å². The highest BCUT2D eigenvalue weighted by Crippen LogP contribution is 2.26. The van der Waals surface area contributed by atoms with Gasteiger partial charge in [0.1, 0.15) is 5.56 Å². The minimum atomic E-state index is -3.44. The van der Waals surface area contributed by atoms with E-state index in [1.165, 1.54) is 59.3 Å². The molecule has 4 rings (SSSR count). The van der Waals surface area contributed by atoms with Crippen molar-refractivity contribution in [2.45, 2.75) is 28.2 Å². The smallest absolute Gasteiger partial charge is 0.268 e. The minimum absolute atomic E-state index is 0.0264. The molecule has 1 atom stereocenters. The number of pyridine rings is 2. The first-order chi connectivity index (χ1) is 19.0. The van der Waals surface area contributed by atoms with Crippen LogP contribution in [0.4, 0.5) is 0 Å². The van der Waals surface area contributed by atoms with E-state index in [0.717, 1.165) is 6.26 Å². The van der Waals surface area contributed by atoms with Gasteiger partial charge in [0.15, 0.2) is 19.6 Å². The van der Waals surface area contributed by atoms with E-state index in [0.29, 0.717) is 27.5 Å². The van der Waals surface area contributed by atoms with Crippen LogP contribution < -0.4 is 10.9 Å². The van der Waals surface area contributed by atoms with E-state index >= 15 is 0 Å². The van der Waals surface area contributed by atoms with Gasteiger partial charge in [-0.25, -0.2) is 8.42 Å². The Labute approximate surface area is 233 Å². The van der Waals surface area contributed by atoms with Crippen molar-refractivity contribution < 1.29 is 17.8 Å². The van der Waals surface area contributed by atoms with Crippen LogP contribution in [0.3, 0.4) is 0 Å². The molecule has 12 heteroatoms. The second-order valence-electron chi connectivity index (χ2n) is 8.66. The lowest BCUT2D eigenvalue weighted by molar-refractivity contribution is 0.0948. The summed E-state index contributed by atoms with van der Waals surface area (Å²) in [7, 11) is -3.44. The van der Waals surface area contributed by atoms with Crippen LogP contribution in [-0.4, -0.2) is 34.7 Å². The molecule has 0 fully saturated rings. The van der Waals surface area contributed by atoms with E-state index in [4.69, 9.17) is 5.26 Å². The molecule has 1 unspecified atom stereocenters. The molecule has 0 aliphatic rings. The average Bonchev–Trinajstić information content (AvgIpc) is 2.95. The van der Waals surface area contributed by atoms with Crippen LogP contribution in [0.2, 0.25) is 0 Å². The second-order valence-corrected chi connectivity index (χ2v) is 12.1. The van der Waals surface area contributed by atoms with Gasteiger partial charge in [0.2, 0.25) is 0 Å². The van der Waals surface area contributed by atoms with Gasteiger partial charge in [-0.15, -0.1) is 0 Å². The topological polar surface area (TPSA) is 169 Å². The summed E-state index contributed by atoms with van der Waals surface area (Å²) in [5, 5.41) is 21.0. The molecule has 200 valence electrons. The molecule has 0 aliphatic heterocycles. The Kier molecular flexibility index (Phi) is 8.16. The fourth-order valence-corrected chi connectivity index (χ4v) is 5.62. The molecule has 0 saturated heterocycles. The maximum absolute atomic E-state index is 13.6. The Morgan fingerprint density at radius 1 is 1.05 bits per heavy atom. The van der Waals surface area contributed by atoms with Crippen molar-refractivity contribution in [2.75, 3.05) is 6.26 Å². The van der Waals surface area contributed by atoms with Crippen LogP contribution in [0, 0.1) is 29.6 Å². The summed E-state index contributed by atoms with van der Waals surface area (Å²) in [5.41, 5.74) is 0.663. The number of sulfone groups is 1. The van der Waals surface area contributed by atoms with Gasteiger partial charge in [-0.1, -0.05) is 6.07 Å². The molecule has 4 aromatic rings. The predicted octanol–water partition coefficient (Wildman–Crippen LogP) is 2.78. The summed E-state index contributed by atoms with van der Waals surface area (Å²) in [6, 6.07) is 20.4. The maximum Gasteiger partial charge on any atom is 0.268 e. The molecular formula is C28H21N5O5S2. The molecule has 1 N–H and O–H groups in total. The summed E-state index contributed by atoms with van der Waals surface area (Å²) in [6.45, 7) is 1.49. The van der Waals surface area contributed by atoms with Gasteiger partial charge in [0.25, 0.3) is 11.5 Å². The number of carbonyl (C=O) groups is 1. The van der Waals surface area contributed by atoms with Crippen LogP contribution >= 0.6 is 0 Å². The molecule has 0 radical (unpaired) electrons. The summed E-state index contributed by atoms with van der Waals surface area (Å²) in [4.78, 5) is 31.5. The molecule has 0 bridgehead atoms. The van der Waals surface area contributed by atoms with Gasteiger partial charge in [-0.3, -0.25) is 19.1 Å². The number of carbonyl (C=O) groups excluding carboxylic acids is 1. The Balaban J connectivity index is 1.77. The number of nitrogens with one attached hydrogen (secondary N) is 1. The first kappa shape index (κ1) is 28.3. The number of nitrogens with zero attached hydrogens (tertiary/aromatic N) is 4. The van der Waals surface area contributed by atoms with E-state index < -0.39 is 32.5 Å². The average molecular weight is 572 g/mol. The van der Waals surface area contributed by atoms with Crippen molar-refractivity contribution in [1.82, 2.24) is 14.9 Å². The lowest BCUT2D eigenvalue weighted by atomic mass is 10.1. The number of aromatic nitrogens is 2. The quantitative estimate of drug-likeness (QED) is 0.330. The molecule has 40 heavy (non-hydrogen) atoms. The first-order valence-electron chi connectivity index (χ1n) is 11.7. The third kappa shape index (κ3) is 5.95. The van der Waals surface area contributed by atoms with Gasteiger partial charge in [0, 0.05) is 29.7 Å². The van der Waals surface area contributed by atoms with Crippen molar-refractivity contribution >= 4 is 26.9 Å². The van der Waals surface area contributed by atoms with Gasteiger partial charge in [-0.2, -0.15) is 10.5 Å². The van der Waals surface area contributed by atoms with Crippen LogP contribution in [0.15, 0.2) is 92.4 Å².